The number of likely N-dealkylation sites (tertiary alicyclic amines) is 1. The fourth-order valence-corrected chi connectivity index (χ4v) is 4.23. The van der Waals surface area contributed by atoms with E-state index in [1.165, 1.54) is 0 Å². The lowest BCUT2D eigenvalue weighted by Crippen LogP contribution is -2.44. The van der Waals surface area contributed by atoms with Gasteiger partial charge in [-0.3, -0.25) is 14.6 Å². The van der Waals surface area contributed by atoms with Crippen LogP contribution >= 0.6 is 0 Å². The van der Waals surface area contributed by atoms with Crippen molar-refractivity contribution in [1.29, 1.82) is 0 Å². The summed E-state index contributed by atoms with van der Waals surface area (Å²) in [6.07, 6.45) is 0.778. The Morgan fingerprint density at radius 3 is 2.41 bits per heavy atom. The molecule has 2 amide bonds. The van der Waals surface area contributed by atoms with Crippen molar-refractivity contribution in [2.24, 2.45) is 5.73 Å². The molecule has 2 N–H and O–H groups in total. The first kappa shape index (κ1) is 21.6. The number of carbonyl (C=O) groups excluding carboxylic acids is 2. The zero-order valence-corrected chi connectivity index (χ0v) is 18.3. The molecule has 7 nitrogen and oxygen atoms in total. The maximum absolute atomic E-state index is 13.0. The maximum Gasteiger partial charge on any atom is 0.263 e. The molecule has 0 saturated carbocycles. The Bertz CT molecular complexity index is 1140. The number of hydrogen-bond acceptors (Lipinski definition) is 5. The van der Waals surface area contributed by atoms with Crippen LogP contribution < -0.4 is 15.2 Å². The standard InChI is InChI=1S/C25H27N3O4/c1-16(32-22-10-6-5-9-21(22)31-2)25(30)28-13-11-17(12-14-28)23-19(24(26)29)15-18-7-3-4-8-20(18)27-23/h3-10,15-17H,11-14H2,1-2H3,(H2,26,29)/t16-/m0/s1. The number of methoxy groups -OCH3 is 1. The van der Waals surface area contributed by atoms with E-state index < -0.39 is 12.0 Å². The number of aromatic nitrogens is 1. The van der Waals surface area contributed by atoms with Gasteiger partial charge in [-0.2, -0.15) is 0 Å². The number of nitrogens with two attached hydrogens (primary N) is 1. The van der Waals surface area contributed by atoms with Gasteiger partial charge in [0.25, 0.3) is 11.8 Å². The molecule has 0 unspecified atom stereocenters. The first-order chi connectivity index (χ1) is 15.5. The van der Waals surface area contributed by atoms with Crippen LogP contribution in [0.5, 0.6) is 11.5 Å². The number of pyridine rings is 1. The van der Waals surface area contributed by atoms with Gasteiger partial charge >= 0.3 is 0 Å². The van der Waals surface area contributed by atoms with Gasteiger partial charge in [-0.1, -0.05) is 30.3 Å². The fourth-order valence-electron chi connectivity index (χ4n) is 4.23. The molecule has 4 rings (SSSR count). The van der Waals surface area contributed by atoms with Crippen molar-refractivity contribution in [1.82, 2.24) is 9.88 Å². The highest BCUT2D eigenvalue weighted by Gasteiger charge is 2.30. The minimum Gasteiger partial charge on any atom is -0.493 e. The molecule has 1 aromatic heterocycles. The number of para-hydroxylation sites is 3. The molecular weight excluding hydrogens is 406 g/mol. The van der Waals surface area contributed by atoms with E-state index in [1.807, 2.05) is 47.4 Å². The molecule has 1 atom stereocenters. The highest BCUT2D eigenvalue weighted by Crippen LogP contribution is 2.32. The van der Waals surface area contributed by atoms with E-state index in [1.54, 1.807) is 26.2 Å². The molecule has 1 aliphatic rings. The number of fused-ring (bicyclic) bond motifs is 1. The summed E-state index contributed by atoms with van der Waals surface area (Å²) in [5.41, 5.74) is 7.68. The average Bonchev–Trinajstić information content (AvgIpc) is 2.83. The Morgan fingerprint density at radius 1 is 1.06 bits per heavy atom. The van der Waals surface area contributed by atoms with E-state index in [-0.39, 0.29) is 11.8 Å². The van der Waals surface area contributed by atoms with Crippen molar-refractivity contribution in [3.63, 3.8) is 0 Å². The second-order valence-electron chi connectivity index (χ2n) is 7.99. The summed E-state index contributed by atoms with van der Waals surface area (Å²) in [5, 5.41) is 0.889. The highest BCUT2D eigenvalue weighted by atomic mass is 16.5. The van der Waals surface area contributed by atoms with E-state index in [9.17, 15) is 9.59 Å². The van der Waals surface area contributed by atoms with Crippen LogP contribution in [-0.4, -0.2) is 48.0 Å². The van der Waals surface area contributed by atoms with Gasteiger partial charge in [0.15, 0.2) is 17.6 Å². The van der Waals surface area contributed by atoms with E-state index in [4.69, 9.17) is 20.2 Å². The molecule has 0 spiro atoms. The second kappa shape index (κ2) is 9.26. The summed E-state index contributed by atoms with van der Waals surface area (Å²) in [6.45, 7) is 2.88. The third-order valence-corrected chi connectivity index (χ3v) is 5.93. The van der Waals surface area contributed by atoms with Crippen molar-refractivity contribution < 1.29 is 19.1 Å². The molecule has 0 radical (unpaired) electrons. The third-order valence-electron chi connectivity index (χ3n) is 5.93. The van der Waals surface area contributed by atoms with Gasteiger partial charge in [-0.05, 0) is 44.0 Å². The normalized spacial score (nSPS) is 15.4. The van der Waals surface area contributed by atoms with Crippen molar-refractivity contribution in [2.75, 3.05) is 20.2 Å². The number of amides is 2. The lowest BCUT2D eigenvalue weighted by molar-refractivity contribution is -0.139. The van der Waals surface area contributed by atoms with Crippen molar-refractivity contribution in [2.45, 2.75) is 31.8 Å². The number of primary amides is 1. The van der Waals surface area contributed by atoms with Crippen molar-refractivity contribution >= 4 is 22.7 Å². The van der Waals surface area contributed by atoms with Gasteiger partial charge in [-0.15, -0.1) is 0 Å². The summed E-state index contributed by atoms with van der Waals surface area (Å²) < 4.78 is 11.2. The largest absolute Gasteiger partial charge is 0.493 e. The minimum absolute atomic E-state index is 0.0663. The van der Waals surface area contributed by atoms with Crippen LogP contribution in [0.2, 0.25) is 0 Å². The van der Waals surface area contributed by atoms with E-state index in [0.29, 0.717) is 43.0 Å². The topological polar surface area (TPSA) is 94.8 Å². The second-order valence-corrected chi connectivity index (χ2v) is 7.99. The van der Waals surface area contributed by atoms with E-state index in [2.05, 4.69) is 0 Å². The fraction of sp³-hybridized carbons (Fsp3) is 0.320. The molecule has 2 aromatic carbocycles. The van der Waals surface area contributed by atoms with Gasteiger partial charge in [0.1, 0.15) is 0 Å². The van der Waals surface area contributed by atoms with Crippen LogP contribution in [0.4, 0.5) is 0 Å². The summed E-state index contributed by atoms with van der Waals surface area (Å²) in [5.74, 6) is 0.646. The summed E-state index contributed by atoms with van der Waals surface area (Å²) >= 11 is 0. The van der Waals surface area contributed by atoms with Crippen molar-refractivity contribution in [3.8, 4) is 11.5 Å². The lowest BCUT2D eigenvalue weighted by Gasteiger charge is -2.34. The first-order valence-corrected chi connectivity index (χ1v) is 10.8. The SMILES string of the molecule is COc1ccccc1O[C@@H](C)C(=O)N1CCC(c2nc3ccccc3cc2C(N)=O)CC1. The molecule has 3 aromatic rings. The molecular formula is C25H27N3O4. The van der Waals surface area contributed by atoms with Gasteiger partial charge in [0.2, 0.25) is 0 Å². The van der Waals surface area contributed by atoms with Gasteiger partial charge in [-0.25, -0.2) is 0 Å². The van der Waals surface area contributed by atoms with Crippen LogP contribution in [-0.2, 0) is 4.79 Å². The molecule has 0 bridgehead atoms. The Hall–Kier alpha value is -3.61. The summed E-state index contributed by atoms with van der Waals surface area (Å²) in [4.78, 5) is 31.6. The lowest BCUT2D eigenvalue weighted by atomic mass is 9.89. The van der Waals surface area contributed by atoms with E-state index in [0.717, 1.165) is 16.6 Å². The van der Waals surface area contributed by atoms with Crippen LogP contribution in [0.3, 0.4) is 0 Å². The number of benzene rings is 2. The molecule has 0 aliphatic carbocycles. The Kier molecular flexibility index (Phi) is 6.25. The predicted octanol–water partition coefficient (Wildman–Crippen LogP) is 3.52. The molecule has 166 valence electrons. The minimum atomic E-state index is -0.636. The smallest absolute Gasteiger partial charge is 0.263 e. The average molecular weight is 434 g/mol. The van der Waals surface area contributed by atoms with Gasteiger partial charge < -0.3 is 20.1 Å². The summed E-state index contributed by atoms with van der Waals surface area (Å²) in [6, 6.07) is 16.8. The number of ether oxygens (including phenoxy) is 2. The molecule has 1 aliphatic heterocycles. The van der Waals surface area contributed by atoms with Crippen LogP contribution in [0.25, 0.3) is 10.9 Å². The van der Waals surface area contributed by atoms with Gasteiger partial charge in [0.05, 0.1) is 23.9 Å². The summed E-state index contributed by atoms with van der Waals surface area (Å²) in [7, 11) is 1.57. The molecule has 1 saturated heterocycles. The third kappa shape index (κ3) is 4.37. The Labute approximate surface area is 187 Å². The number of piperidine rings is 1. The zero-order valence-electron chi connectivity index (χ0n) is 18.3. The van der Waals surface area contributed by atoms with Gasteiger partial charge in [0, 0.05) is 24.4 Å². The van der Waals surface area contributed by atoms with E-state index >= 15 is 0 Å². The number of nitrogens with zero attached hydrogens (tertiary/aromatic N) is 2. The van der Waals surface area contributed by atoms with Crippen LogP contribution in [0.1, 0.15) is 41.7 Å². The zero-order chi connectivity index (χ0) is 22.7. The first-order valence-electron chi connectivity index (χ1n) is 10.8. The predicted molar refractivity (Wildman–Crippen MR) is 122 cm³/mol. The molecule has 1 fully saturated rings. The molecule has 2 heterocycles. The maximum atomic E-state index is 13.0. The Morgan fingerprint density at radius 2 is 1.72 bits per heavy atom. The van der Waals surface area contributed by atoms with Crippen LogP contribution in [0.15, 0.2) is 54.6 Å². The number of carbonyl (C=O) groups is 2. The molecule has 32 heavy (non-hydrogen) atoms. The highest BCUT2D eigenvalue weighted by molar-refractivity contribution is 5.97. The van der Waals surface area contributed by atoms with Crippen LogP contribution in [0, 0.1) is 0 Å². The quantitative estimate of drug-likeness (QED) is 0.642. The Balaban J connectivity index is 1.45. The monoisotopic (exact) mass is 433 g/mol. The van der Waals surface area contributed by atoms with Crippen molar-refractivity contribution in [3.05, 3.63) is 65.9 Å². The number of hydrogen-bond donors (Lipinski definition) is 1. The number of rotatable bonds is 6. The molecule has 7 heteroatoms.